The molecule has 0 radical (unpaired) electrons. The number of amides is 3. The highest BCUT2D eigenvalue weighted by Crippen LogP contribution is 2.34. The fourth-order valence-electron chi connectivity index (χ4n) is 6.83. The van der Waals surface area contributed by atoms with E-state index in [0.717, 1.165) is 28.1 Å². The third kappa shape index (κ3) is 8.60. The predicted molar refractivity (Wildman–Crippen MR) is 215 cm³/mol. The van der Waals surface area contributed by atoms with E-state index in [4.69, 9.17) is 21.1 Å². The lowest BCUT2D eigenvalue weighted by Crippen LogP contribution is -2.47. The number of carbonyl (C=O) groups is 3. The second kappa shape index (κ2) is 15.7. The molecule has 1 fully saturated rings. The largest absolute Gasteiger partial charge is 0.457 e. The van der Waals surface area contributed by atoms with Crippen molar-refractivity contribution in [3.05, 3.63) is 118 Å². The van der Waals surface area contributed by atoms with Crippen molar-refractivity contribution in [2.75, 3.05) is 18.9 Å². The van der Waals surface area contributed by atoms with Gasteiger partial charge in [0.1, 0.15) is 34.4 Å². The monoisotopic (exact) mass is 789 g/mol. The summed E-state index contributed by atoms with van der Waals surface area (Å²) in [4.78, 5) is 48.5. The van der Waals surface area contributed by atoms with Crippen LogP contribution in [0.5, 0.6) is 11.5 Å². The van der Waals surface area contributed by atoms with Crippen LogP contribution in [0.15, 0.2) is 85.2 Å². The van der Waals surface area contributed by atoms with Gasteiger partial charge < -0.3 is 19.7 Å². The number of aryl methyl sites for hydroxylation is 3. The van der Waals surface area contributed by atoms with Gasteiger partial charge in [0.05, 0.1) is 18.4 Å². The van der Waals surface area contributed by atoms with Crippen molar-refractivity contribution in [2.45, 2.75) is 72.2 Å². The molecule has 1 saturated heterocycles. The molecule has 3 aromatic heterocycles. The van der Waals surface area contributed by atoms with Gasteiger partial charge in [-0.05, 0) is 83.5 Å². The lowest BCUT2D eigenvalue weighted by atomic mass is 10.1. The molecule has 1 N–H and O–H groups in total. The summed E-state index contributed by atoms with van der Waals surface area (Å²) in [5, 5.41) is 16.6. The molecule has 3 amide bonds. The van der Waals surface area contributed by atoms with Crippen molar-refractivity contribution < 1.29 is 23.9 Å². The number of halogens is 1. The molecule has 15 heteroatoms. The number of para-hydroxylation sites is 1. The van der Waals surface area contributed by atoms with E-state index in [0.29, 0.717) is 45.5 Å². The van der Waals surface area contributed by atoms with Crippen LogP contribution in [-0.2, 0) is 16.1 Å². The molecule has 4 heterocycles. The highest BCUT2D eigenvalue weighted by Gasteiger charge is 2.44. The first-order valence-electron chi connectivity index (χ1n) is 18.6. The van der Waals surface area contributed by atoms with Crippen LogP contribution in [0.2, 0.25) is 5.02 Å². The maximum absolute atomic E-state index is 14.2. The zero-order chi connectivity index (χ0) is 40.6. The average molecular weight is 790 g/mol. The van der Waals surface area contributed by atoms with E-state index in [1.165, 1.54) is 11.1 Å². The van der Waals surface area contributed by atoms with Crippen LogP contribution >= 0.6 is 11.6 Å². The maximum Gasteiger partial charge on any atom is 0.411 e. The number of likely N-dealkylation sites (N-methyl/N-ethyl adjacent to an activating group) is 1. The third-order valence-corrected chi connectivity index (χ3v) is 9.90. The Morgan fingerprint density at radius 3 is 2.49 bits per heavy atom. The SMILES string of the molecule is Cc1cc(C)n2ncc(C(=O)Nc3ccc(-c4cn(C5C[C@H](C(=O)N(C)Cc6ccccc6Oc6cc(Cl)ccc6C)N(C(=O)OC(C)(C)C)C5)nn4)cc3)c2n1. The maximum atomic E-state index is 14.2. The zero-order valence-electron chi connectivity index (χ0n) is 32.9. The highest BCUT2D eigenvalue weighted by atomic mass is 35.5. The second-order valence-electron chi connectivity index (χ2n) is 15.3. The van der Waals surface area contributed by atoms with Gasteiger partial charge in [-0.25, -0.2) is 19.0 Å². The molecule has 6 aromatic rings. The van der Waals surface area contributed by atoms with E-state index in [-0.39, 0.29) is 30.9 Å². The Morgan fingerprint density at radius 2 is 1.74 bits per heavy atom. The Bertz CT molecular complexity index is 2470. The number of nitrogens with one attached hydrogen (secondary N) is 1. The number of fused-ring (bicyclic) bond motifs is 1. The van der Waals surface area contributed by atoms with Crippen LogP contribution in [-0.4, -0.2) is 82.5 Å². The molecule has 1 aliphatic rings. The number of aromatic nitrogens is 6. The van der Waals surface area contributed by atoms with E-state index < -0.39 is 17.7 Å². The minimum absolute atomic E-state index is 0.193. The first-order valence-corrected chi connectivity index (χ1v) is 18.9. The summed E-state index contributed by atoms with van der Waals surface area (Å²) in [6, 6.07) is 20.9. The van der Waals surface area contributed by atoms with E-state index in [2.05, 4.69) is 25.7 Å². The number of hydrogen-bond donors (Lipinski definition) is 1. The van der Waals surface area contributed by atoms with Gasteiger partial charge in [0, 0.05) is 59.8 Å². The molecule has 0 saturated carbocycles. The standard InChI is InChI=1S/C42H44ClN9O5/c1-25-12-15-30(43)19-37(25)56-36-11-9-8-10-29(36)22-49(7)40(54)35-20-32(23-50(35)41(55)57-42(4,5)6)51-24-34(47-48-51)28-13-16-31(17-14-28)46-39(53)33-21-44-52-27(3)18-26(2)45-38(33)52/h8-19,21,24,32,35H,20,22-23H2,1-7H3,(H,46,53)/t32?,35-/m1/s1. The van der Waals surface area contributed by atoms with Gasteiger partial charge in [-0.2, -0.15) is 5.10 Å². The highest BCUT2D eigenvalue weighted by molar-refractivity contribution is 6.30. The van der Waals surface area contributed by atoms with Crippen molar-refractivity contribution in [3.8, 4) is 22.8 Å². The summed E-state index contributed by atoms with van der Waals surface area (Å²) >= 11 is 6.24. The molecule has 57 heavy (non-hydrogen) atoms. The third-order valence-electron chi connectivity index (χ3n) is 9.66. The number of carbonyl (C=O) groups excluding carboxylic acids is 3. The minimum atomic E-state index is -0.815. The molecule has 0 aliphatic carbocycles. The number of hydrogen-bond acceptors (Lipinski definition) is 9. The summed E-state index contributed by atoms with van der Waals surface area (Å²) in [5.74, 6) is 0.643. The van der Waals surface area contributed by atoms with Gasteiger partial charge in [-0.3, -0.25) is 14.5 Å². The first kappa shape index (κ1) is 39.0. The predicted octanol–water partition coefficient (Wildman–Crippen LogP) is 7.82. The summed E-state index contributed by atoms with van der Waals surface area (Å²) in [7, 11) is 1.71. The Morgan fingerprint density at radius 1 is 0.982 bits per heavy atom. The number of likely N-dealkylation sites (tertiary alicyclic amines) is 1. The molecular weight excluding hydrogens is 746 g/mol. The Balaban J connectivity index is 1.06. The van der Waals surface area contributed by atoms with Crippen molar-refractivity contribution in [3.63, 3.8) is 0 Å². The van der Waals surface area contributed by atoms with Crippen molar-refractivity contribution in [1.29, 1.82) is 0 Å². The van der Waals surface area contributed by atoms with Gasteiger partial charge in [0.15, 0.2) is 5.65 Å². The van der Waals surface area contributed by atoms with E-state index in [1.54, 1.807) is 72.4 Å². The van der Waals surface area contributed by atoms with Gasteiger partial charge in [0.25, 0.3) is 5.91 Å². The molecule has 3 aromatic carbocycles. The van der Waals surface area contributed by atoms with E-state index in [9.17, 15) is 14.4 Å². The quantitative estimate of drug-likeness (QED) is 0.155. The molecule has 0 spiro atoms. The normalized spacial score (nSPS) is 15.5. The Hall–Kier alpha value is -6.28. The number of rotatable bonds is 9. The van der Waals surface area contributed by atoms with Crippen LogP contribution in [0.1, 0.15) is 66.1 Å². The molecule has 7 rings (SSSR count). The fourth-order valence-corrected chi connectivity index (χ4v) is 6.99. The molecule has 0 bridgehead atoms. The van der Waals surface area contributed by atoms with Gasteiger partial charge >= 0.3 is 6.09 Å². The smallest absolute Gasteiger partial charge is 0.411 e. The molecule has 1 unspecified atom stereocenters. The zero-order valence-corrected chi connectivity index (χ0v) is 33.6. The van der Waals surface area contributed by atoms with Gasteiger partial charge in [0.2, 0.25) is 5.91 Å². The first-order chi connectivity index (χ1) is 27.1. The van der Waals surface area contributed by atoms with E-state index >= 15 is 0 Å². The number of benzene rings is 3. The molecule has 1 aliphatic heterocycles. The molecule has 294 valence electrons. The number of anilines is 1. The molecule has 2 atom stereocenters. The fraction of sp³-hybridized carbons (Fsp3) is 0.310. The lowest BCUT2D eigenvalue weighted by molar-refractivity contribution is -0.135. The summed E-state index contributed by atoms with van der Waals surface area (Å²) < 4.78 is 15.4. The molecular formula is C42H44ClN9O5. The summed E-state index contributed by atoms with van der Waals surface area (Å²) in [6.45, 7) is 11.5. The Kier molecular flexibility index (Phi) is 10.7. The van der Waals surface area contributed by atoms with Crippen molar-refractivity contribution in [2.24, 2.45) is 0 Å². The van der Waals surface area contributed by atoms with Crippen LogP contribution in [0.4, 0.5) is 10.5 Å². The van der Waals surface area contributed by atoms with Crippen LogP contribution in [0.25, 0.3) is 16.9 Å². The lowest BCUT2D eigenvalue weighted by Gasteiger charge is -2.30. The second-order valence-corrected chi connectivity index (χ2v) is 15.7. The molecule has 14 nitrogen and oxygen atoms in total. The van der Waals surface area contributed by atoms with Crippen molar-refractivity contribution >= 4 is 40.8 Å². The van der Waals surface area contributed by atoms with Crippen molar-refractivity contribution in [1.82, 2.24) is 39.4 Å². The number of nitrogens with zero attached hydrogens (tertiary/aromatic N) is 8. The topological polar surface area (TPSA) is 149 Å². The van der Waals surface area contributed by atoms with E-state index in [1.807, 2.05) is 69.3 Å². The van der Waals surface area contributed by atoms with Crippen LogP contribution < -0.4 is 10.1 Å². The van der Waals surface area contributed by atoms with Crippen LogP contribution in [0.3, 0.4) is 0 Å². The van der Waals surface area contributed by atoms with Gasteiger partial charge in [-0.1, -0.05) is 53.2 Å². The summed E-state index contributed by atoms with van der Waals surface area (Å²) in [5.41, 5.74) is 5.43. The van der Waals surface area contributed by atoms with Crippen LogP contribution in [0, 0.1) is 20.8 Å². The number of ether oxygens (including phenoxy) is 2. The average Bonchev–Trinajstić information content (AvgIpc) is 3.92. The summed E-state index contributed by atoms with van der Waals surface area (Å²) in [6.07, 6.45) is 3.02. The Labute approximate surface area is 335 Å². The van der Waals surface area contributed by atoms with Gasteiger partial charge in [-0.15, -0.1) is 5.10 Å². The minimum Gasteiger partial charge on any atom is -0.457 e.